The van der Waals surface area contributed by atoms with Gasteiger partial charge in [-0.1, -0.05) is 13.0 Å². The van der Waals surface area contributed by atoms with Crippen molar-refractivity contribution in [3.8, 4) is 0 Å². The molecule has 21 heavy (non-hydrogen) atoms. The van der Waals surface area contributed by atoms with E-state index in [1.807, 2.05) is 30.3 Å². The summed E-state index contributed by atoms with van der Waals surface area (Å²) in [4.78, 5) is 0. The standard InChI is InChI=1S/C10H9.C5H5.C2H6Si.2ClH.Zr/c1-8-4-2-5-9-6-3-7-10(8)9;1-2-4-5-3-1;1-3-2;;;/h2-7H,1H3;1-5H;1-2H3;2*1H;/q2*-1;;;;+2/p-2. The van der Waals surface area contributed by atoms with Gasteiger partial charge in [0.2, 0.25) is 0 Å². The Kier molecular flexibility index (Phi) is 14.9. The Morgan fingerprint density at radius 1 is 0.905 bits per heavy atom. The third-order valence-corrected chi connectivity index (χ3v) is 2.45. The molecule has 0 bridgehead atoms. The minimum atomic E-state index is 0. The van der Waals surface area contributed by atoms with E-state index >= 15 is 0 Å². The van der Waals surface area contributed by atoms with E-state index in [9.17, 15) is 0 Å². The average molecular weight is 415 g/mol. The van der Waals surface area contributed by atoms with Gasteiger partial charge >= 0.3 is 41.9 Å². The first-order valence-corrected chi connectivity index (χ1v) is 12.6. The topological polar surface area (TPSA) is 0 Å². The molecule has 0 heterocycles. The van der Waals surface area contributed by atoms with Gasteiger partial charge in [0.05, 0.1) is 0 Å². The van der Waals surface area contributed by atoms with Crippen molar-refractivity contribution in [3.05, 3.63) is 72.3 Å². The Bertz CT molecular complexity index is 579. The summed E-state index contributed by atoms with van der Waals surface area (Å²) < 4.78 is 0. The fraction of sp³-hybridized carbons (Fsp3) is 0.176. The normalized spacial score (nSPS) is 8.24. The second-order valence-corrected chi connectivity index (χ2v) is 13.9. The maximum Gasteiger partial charge on any atom is -0.0740 e. The summed E-state index contributed by atoms with van der Waals surface area (Å²) in [6, 6.07) is 22.8. The quantitative estimate of drug-likeness (QED) is 0.329. The van der Waals surface area contributed by atoms with Crippen LogP contribution in [0.15, 0.2) is 66.7 Å². The molecular weight excluding hydrogens is 394 g/mol. The molecule has 3 aromatic carbocycles. The van der Waals surface area contributed by atoms with Gasteiger partial charge in [-0.3, -0.25) is 0 Å². The van der Waals surface area contributed by atoms with Crippen molar-refractivity contribution in [2.75, 3.05) is 0 Å². The van der Waals surface area contributed by atoms with E-state index in [4.69, 9.17) is 0 Å². The summed E-state index contributed by atoms with van der Waals surface area (Å²) in [7, 11) is 0. The number of aryl methyl sites for hydroxylation is 1. The van der Waals surface area contributed by atoms with Gasteiger partial charge in [-0.2, -0.15) is 30.3 Å². The van der Waals surface area contributed by atoms with E-state index in [1.54, 1.807) is 23.3 Å². The van der Waals surface area contributed by atoms with E-state index in [-0.39, 0.29) is 30.2 Å². The molecule has 0 nitrogen and oxygen atoms in total. The van der Waals surface area contributed by atoms with Gasteiger partial charge in [0.15, 0.2) is 0 Å². The van der Waals surface area contributed by atoms with Crippen LogP contribution in [-0.2, 0) is 23.3 Å². The van der Waals surface area contributed by atoms with Crippen LogP contribution < -0.4 is 24.8 Å². The zero-order chi connectivity index (χ0) is 14.1. The Balaban J connectivity index is 0. The van der Waals surface area contributed by atoms with Gasteiger partial charge in [0, 0.05) is 0 Å². The van der Waals surface area contributed by atoms with Crippen molar-refractivity contribution in [1.82, 2.24) is 0 Å². The van der Waals surface area contributed by atoms with Crippen LogP contribution >= 0.6 is 0 Å². The Labute approximate surface area is 155 Å². The third kappa shape index (κ3) is 10.3. The van der Waals surface area contributed by atoms with Crippen LogP contribution in [0.25, 0.3) is 10.8 Å². The first-order valence-electron chi connectivity index (χ1n) is 6.40. The monoisotopic (exact) mass is 412 g/mol. The van der Waals surface area contributed by atoms with Gasteiger partial charge in [0.1, 0.15) is 0 Å². The fourth-order valence-electron chi connectivity index (χ4n) is 1.65. The fourth-order valence-corrected chi connectivity index (χ4v) is 1.65. The number of halogens is 2. The van der Waals surface area contributed by atoms with E-state index in [2.05, 4.69) is 56.4 Å². The van der Waals surface area contributed by atoms with Gasteiger partial charge in [-0.05, 0) is 0 Å². The van der Waals surface area contributed by atoms with Crippen LogP contribution in [0.4, 0.5) is 0 Å². The smallest absolute Gasteiger partial charge is 0.0740 e. The number of benzene rings is 1. The molecule has 0 aliphatic rings. The first kappa shape index (κ1) is 23.1. The van der Waals surface area contributed by atoms with Gasteiger partial charge < -0.3 is 24.8 Å². The summed E-state index contributed by atoms with van der Waals surface area (Å²) in [5.41, 5.74) is 1.57. The molecule has 0 aliphatic carbocycles. The van der Waals surface area contributed by atoms with Crippen LogP contribution in [0.5, 0.6) is 0 Å². The maximum absolute atomic E-state index is 2.31. The van der Waals surface area contributed by atoms with E-state index in [0.29, 0.717) is 0 Å². The summed E-state index contributed by atoms with van der Waals surface area (Å²) in [6.45, 7) is 6.76. The molecule has 0 aliphatic heterocycles. The predicted molar refractivity (Wildman–Crippen MR) is 83.8 cm³/mol. The molecule has 3 aromatic rings. The molecule has 0 spiro atoms. The van der Waals surface area contributed by atoms with E-state index in [1.165, 1.54) is 16.3 Å². The SMILES string of the molecule is C[Si](C)=[Zr+2].Cc1cccc2cc[cH-]c12.[Cl-].[Cl-].c1cc[cH-]c1. The van der Waals surface area contributed by atoms with Gasteiger partial charge in [0.25, 0.3) is 0 Å². The first-order chi connectivity index (χ1) is 9.11. The van der Waals surface area contributed by atoms with Crippen LogP contribution in [-0.4, -0.2) is 5.43 Å². The van der Waals surface area contributed by atoms with Crippen LogP contribution in [0.2, 0.25) is 13.1 Å². The minimum absolute atomic E-state index is 0. The van der Waals surface area contributed by atoms with Crippen LogP contribution in [0, 0.1) is 6.92 Å². The van der Waals surface area contributed by atoms with Crippen molar-refractivity contribution >= 4 is 16.2 Å². The van der Waals surface area contributed by atoms with Crippen molar-refractivity contribution in [3.63, 3.8) is 0 Å². The second kappa shape index (κ2) is 13.5. The Morgan fingerprint density at radius 2 is 1.48 bits per heavy atom. The maximum atomic E-state index is 2.31. The zero-order valence-corrected chi connectivity index (χ0v) is 17.6. The van der Waals surface area contributed by atoms with E-state index in [0.717, 1.165) is 0 Å². The molecule has 0 saturated carbocycles. The summed E-state index contributed by atoms with van der Waals surface area (Å²) in [5.74, 6) is 0. The summed E-state index contributed by atoms with van der Waals surface area (Å²) >= 11 is 1.74. The molecule has 0 radical (unpaired) electrons. The zero-order valence-electron chi connectivity index (χ0n) is 12.6. The van der Waals surface area contributed by atoms with E-state index < -0.39 is 0 Å². The largest absolute Gasteiger partial charge is 1.00 e. The Morgan fingerprint density at radius 3 is 1.90 bits per heavy atom. The van der Waals surface area contributed by atoms with Crippen molar-refractivity contribution in [2.45, 2.75) is 20.0 Å². The number of hydrogen-bond acceptors (Lipinski definition) is 0. The molecule has 112 valence electrons. The second-order valence-electron chi connectivity index (χ2n) is 4.57. The summed E-state index contributed by atoms with van der Waals surface area (Å²) in [6.07, 6.45) is 0. The molecule has 3 rings (SSSR count). The van der Waals surface area contributed by atoms with Crippen molar-refractivity contribution in [2.24, 2.45) is 0 Å². The molecule has 0 unspecified atom stereocenters. The molecule has 0 amide bonds. The van der Waals surface area contributed by atoms with Gasteiger partial charge in [-0.25, -0.2) is 12.1 Å². The number of fused-ring (bicyclic) bond motifs is 1. The average Bonchev–Trinajstić information content (AvgIpc) is 3.03. The molecular formula is C17H20Cl2SiZr-2. The van der Waals surface area contributed by atoms with Crippen molar-refractivity contribution in [1.29, 1.82) is 0 Å². The molecule has 0 fully saturated rings. The predicted octanol–water partition coefficient (Wildman–Crippen LogP) is -0.935. The molecule has 0 saturated heterocycles. The van der Waals surface area contributed by atoms with Crippen molar-refractivity contribution < 1.29 is 48.1 Å². The number of hydrogen-bond donors (Lipinski definition) is 0. The molecule has 0 atom stereocenters. The molecule has 0 aromatic heterocycles. The third-order valence-electron chi connectivity index (χ3n) is 2.45. The molecule has 4 heteroatoms. The number of rotatable bonds is 0. The minimum Gasteiger partial charge on any atom is -1.00 e. The van der Waals surface area contributed by atoms with Crippen LogP contribution in [0.3, 0.4) is 0 Å². The van der Waals surface area contributed by atoms with Crippen LogP contribution in [0.1, 0.15) is 5.56 Å². The molecule has 0 N–H and O–H groups in total. The van der Waals surface area contributed by atoms with Gasteiger partial charge in [-0.15, -0.1) is 34.5 Å². The Hall–Kier alpha value is -0.140. The summed E-state index contributed by atoms with van der Waals surface area (Å²) in [5, 5.41) is 2.72.